The number of ether oxygens (including phenoxy) is 1. The molecule has 6 nitrogen and oxygen atoms in total. The highest BCUT2D eigenvalue weighted by Gasteiger charge is 2.11. The first-order valence-corrected chi connectivity index (χ1v) is 7.13. The monoisotopic (exact) mass is 302 g/mol. The number of methoxy groups -OCH3 is 1. The van der Waals surface area contributed by atoms with E-state index in [9.17, 15) is 4.79 Å². The number of carbonyl (C=O) groups is 1. The molecular weight excluding hydrogens is 288 g/mol. The zero-order chi connectivity index (χ0) is 15.0. The van der Waals surface area contributed by atoms with Crippen molar-refractivity contribution in [1.29, 1.82) is 0 Å². The van der Waals surface area contributed by atoms with Gasteiger partial charge in [-0.05, 0) is 18.2 Å². The van der Waals surface area contributed by atoms with Crippen LogP contribution < -0.4 is 9.54 Å². The van der Waals surface area contributed by atoms with Crippen LogP contribution in [0, 0.1) is 0 Å². The molecule has 0 aliphatic heterocycles. The molecule has 0 bridgehead atoms. The van der Waals surface area contributed by atoms with Crippen LogP contribution in [0.4, 0.5) is 0 Å². The van der Waals surface area contributed by atoms with Crippen LogP contribution in [-0.4, -0.2) is 27.4 Å². The first-order valence-electron chi connectivity index (χ1n) is 6.31. The summed E-state index contributed by atoms with van der Waals surface area (Å²) in [6.07, 6.45) is 1.72. The Balaban J connectivity index is 2.14. The molecule has 0 fully saturated rings. The maximum atomic E-state index is 12.1. The summed E-state index contributed by atoms with van der Waals surface area (Å²) < 4.78 is 9.82. The second-order valence-electron chi connectivity index (χ2n) is 4.54. The predicted octanol–water partition coefficient (Wildman–Crippen LogP) is 1.72. The highest BCUT2D eigenvalue weighted by Crippen LogP contribution is 2.26. The summed E-state index contributed by atoms with van der Waals surface area (Å²) in [4.78, 5) is 16.9. The van der Waals surface area contributed by atoms with Crippen molar-refractivity contribution in [3.8, 4) is 5.75 Å². The number of rotatable bonds is 2. The van der Waals surface area contributed by atoms with Gasteiger partial charge in [0.2, 0.25) is 0 Å². The predicted molar refractivity (Wildman–Crippen MR) is 80.4 cm³/mol. The van der Waals surface area contributed by atoms with Crippen molar-refractivity contribution in [2.24, 2.45) is 19.1 Å². The van der Waals surface area contributed by atoms with E-state index in [1.54, 1.807) is 31.1 Å². The topological polar surface area (TPSA) is 61.4 Å². The number of carbonyl (C=O) groups excluding carboxylic acids is 1. The van der Waals surface area contributed by atoms with Crippen molar-refractivity contribution in [3.05, 3.63) is 41.0 Å². The SMILES string of the molecule is COc1cccc2sc(=NC(=O)c3ccn(C)n3)n(C)c12. The number of benzene rings is 1. The lowest BCUT2D eigenvalue weighted by Crippen LogP contribution is -2.14. The van der Waals surface area contributed by atoms with Crippen LogP contribution in [0.2, 0.25) is 0 Å². The van der Waals surface area contributed by atoms with Crippen molar-refractivity contribution in [2.75, 3.05) is 7.11 Å². The van der Waals surface area contributed by atoms with E-state index < -0.39 is 0 Å². The Kier molecular flexibility index (Phi) is 3.34. The molecule has 2 heterocycles. The summed E-state index contributed by atoms with van der Waals surface area (Å²) in [7, 11) is 5.26. The molecule has 2 aromatic heterocycles. The van der Waals surface area contributed by atoms with Crippen LogP contribution in [0.3, 0.4) is 0 Å². The summed E-state index contributed by atoms with van der Waals surface area (Å²) in [5.74, 6) is 0.412. The number of amides is 1. The Morgan fingerprint density at radius 2 is 2.14 bits per heavy atom. The lowest BCUT2D eigenvalue weighted by molar-refractivity contribution is 0.0992. The lowest BCUT2D eigenvalue weighted by Gasteiger charge is -2.02. The Morgan fingerprint density at radius 1 is 1.33 bits per heavy atom. The quantitative estimate of drug-likeness (QED) is 0.724. The Hall–Kier alpha value is -2.41. The van der Waals surface area contributed by atoms with Crippen molar-refractivity contribution in [2.45, 2.75) is 0 Å². The molecular formula is C14H14N4O2S. The summed E-state index contributed by atoms with van der Waals surface area (Å²) >= 11 is 1.44. The van der Waals surface area contributed by atoms with Crippen molar-refractivity contribution >= 4 is 27.5 Å². The Morgan fingerprint density at radius 3 is 2.81 bits per heavy atom. The van der Waals surface area contributed by atoms with Crippen LogP contribution in [0.1, 0.15) is 10.5 Å². The molecule has 0 radical (unpaired) electrons. The van der Waals surface area contributed by atoms with Crippen LogP contribution in [0.5, 0.6) is 5.75 Å². The summed E-state index contributed by atoms with van der Waals surface area (Å²) in [6, 6.07) is 7.44. The molecule has 0 unspecified atom stereocenters. The molecule has 108 valence electrons. The summed E-state index contributed by atoms with van der Waals surface area (Å²) in [6.45, 7) is 0. The molecule has 1 aromatic carbocycles. The molecule has 0 saturated carbocycles. The standard InChI is InChI=1S/C14H14N4O2S/c1-17-8-7-9(16-17)13(19)15-14-18(2)12-10(20-3)5-4-6-11(12)21-14/h4-8H,1-3H3. The van der Waals surface area contributed by atoms with Crippen LogP contribution in [0.25, 0.3) is 10.2 Å². The lowest BCUT2D eigenvalue weighted by atomic mass is 10.3. The molecule has 0 saturated heterocycles. The number of hydrogen-bond donors (Lipinski definition) is 0. The molecule has 0 aliphatic rings. The normalized spacial score (nSPS) is 12.0. The van der Waals surface area contributed by atoms with Gasteiger partial charge in [0, 0.05) is 20.3 Å². The van der Waals surface area contributed by atoms with Crippen molar-refractivity contribution in [3.63, 3.8) is 0 Å². The number of aryl methyl sites for hydroxylation is 2. The second-order valence-corrected chi connectivity index (χ2v) is 5.55. The van der Waals surface area contributed by atoms with E-state index in [2.05, 4.69) is 10.1 Å². The van der Waals surface area contributed by atoms with Gasteiger partial charge in [-0.1, -0.05) is 17.4 Å². The number of nitrogens with zero attached hydrogens (tertiary/aromatic N) is 4. The van der Waals surface area contributed by atoms with Gasteiger partial charge in [0.1, 0.15) is 11.3 Å². The zero-order valence-electron chi connectivity index (χ0n) is 11.9. The number of para-hydroxylation sites is 1. The van der Waals surface area contributed by atoms with Gasteiger partial charge in [0.25, 0.3) is 5.91 Å². The van der Waals surface area contributed by atoms with E-state index in [4.69, 9.17) is 4.74 Å². The fourth-order valence-corrected chi connectivity index (χ4v) is 3.15. The average Bonchev–Trinajstić information content (AvgIpc) is 3.04. The maximum Gasteiger partial charge on any atom is 0.300 e. The Labute approximate surface area is 124 Å². The van der Waals surface area contributed by atoms with Gasteiger partial charge in [-0.25, -0.2) is 0 Å². The zero-order valence-corrected chi connectivity index (χ0v) is 12.7. The van der Waals surface area contributed by atoms with Crippen LogP contribution in [-0.2, 0) is 14.1 Å². The van der Waals surface area contributed by atoms with Crippen molar-refractivity contribution < 1.29 is 9.53 Å². The van der Waals surface area contributed by atoms with Gasteiger partial charge < -0.3 is 9.30 Å². The van der Waals surface area contributed by atoms with Crippen LogP contribution >= 0.6 is 11.3 Å². The first kappa shape index (κ1) is 13.6. The van der Waals surface area contributed by atoms with Gasteiger partial charge in [-0.2, -0.15) is 10.1 Å². The van der Waals surface area contributed by atoms with E-state index in [1.807, 2.05) is 29.8 Å². The third-order valence-electron chi connectivity index (χ3n) is 3.14. The third-order valence-corrected chi connectivity index (χ3v) is 4.23. The molecule has 3 aromatic rings. The molecule has 0 atom stereocenters. The minimum atomic E-state index is -0.350. The third kappa shape index (κ3) is 2.36. The average molecular weight is 302 g/mol. The van der Waals surface area contributed by atoms with E-state index in [0.717, 1.165) is 16.0 Å². The Bertz CT molecular complexity index is 888. The molecule has 1 amide bonds. The molecule has 7 heteroatoms. The smallest absolute Gasteiger partial charge is 0.300 e. The van der Waals surface area contributed by atoms with Crippen molar-refractivity contribution in [1.82, 2.24) is 14.3 Å². The fraction of sp³-hybridized carbons (Fsp3) is 0.214. The van der Waals surface area contributed by atoms with E-state index in [-0.39, 0.29) is 5.91 Å². The summed E-state index contributed by atoms with van der Waals surface area (Å²) in [5.41, 5.74) is 1.26. The second kappa shape index (κ2) is 5.17. The number of fused-ring (bicyclic) bond motifs is 1. The summed E-state index contributed by atoms with van der Waals surface area (Å²) in [5, 5.41) is 4.07. The van der Waals surface area contributed by atoms with E-state index in [0.29, 0.717) is 10.5 Å². The van der Waals surface area contributed by atoms with Gasteiger partial charge in [0.15, 0.2) is 10.5 Å². The van der Waals surface area contributed by atoms with Gasteiger partial charge in [-0.15, -0.1) is 0 Å². The van der Waals surface area contributed by atoms with Gasteiger partial charge in [-0.3, -0.25) is 9.48 Å². The number of thiazole rings is 1. The molecule has 21 heavy (non-hydrogen) atoms. The number of hydrogen-bond acceptors (Lipinski definition) is 4. The first-order chi connectivity index (χ1) is 10.1. The van der Waals surface area contributed by atoms with E-state index in [1.165, 1.54) is 11.3 Å². The molecule has 3 rings (SSSR count). The minimum absolute atomic E-state index is 0.335. The molecule has 0 N–H and O–H groups in total. The maximum absolute atomic E-state index is 12.1. The van der Waals surface area contributed by atoms with E-state index >= 15 is 0 Å². The van der Waals surface area contributed by atoms with Crippen LogP contribution in [0.15, 0.2) is 35.5 Å². The highest BCUT2D eigenvalue weighted by molar-refractivity contribution is 7.16. The highest BCUT2D eigenvalue weighted by atomic mass is 32.1. The van der Waals surface area contributed by atoms with Gasteiger partial charge in [0.05, 0.1) is 11.8 Å². The van der Waals surface area contributed by atoms with Gasteiger partial charge >= 0.3 is 0 Å². The largest absolute Gasteiger partial charge is 0.495 e. The molecule has 0 aliphatic carbocycles. The fourth-order valence-electron chi connectivity index (χ4n) is 2.11. The minimum Gasteiger partial charge on any atom is -0.495 e. The molecule has 0 spiro atoms. The number of aromatic nitrogens is 3.